The third-order valence-corrected chi connectivity index (χ3v) is 15.6. The normalized spacial score (nSPS) is 14.5. The van der Waals surface area contributed by atoms with Crippen LogP contribution in [0.5, 0.6) is 0 Å². The number of fused-ring (bicyclic) bond motifs is 13. The first-order valence-electron chi connectivity index (χ1n) is 22.4. The second kappa shape index (κ2) is 12.9. The molecule has 64 heavy (non-hydrogen) atoms. The fourth-order valence-electron chi connectivity index (χ4n) is 11.7. The first kappa shape index (κ1) is 36.2. The van der Waals surface area contributed by atoms with Gasteiger partial charge in [0.05, 0.1) is 11.1 Å². The van der Waals surface area contributed by atoms with Gasteiger partial charge in [0.2, 0.25) is 0 Å². The van der Waals surface area contributed by atoms with Gasteiger partial charge >= 0.3 is 6.85 Å². The van der Waals surface area contributed by atoms with Crippen LogP contribution in [0, 0.1) is 0 Å². The molecule has 0 saturated heterocycles. The Morgan fingerprint density at radius 2 is 1.20 bits per heavy atom. The van der Waals surface area contributed by atoms with Crippen molar-refractivity contribution in [2.75, 3.05) is 9.71 Å². The molecule has 5 heteroatoms. The van der Waals surface area contributed by atoms with E-state index in [1.54, 1.807) is 0 Å². The predicted molar refractivity (Wildman–Crippen MR) is 271 cm³/mol. The van der Waals surface area contributed by atoms with Gasteiger partial charge in [-0.05, 0) is 92.7 Å². The average molecular weight is 837 g/mol. The highest BCUT2D eigenvalue weighted by Gasteiger charge is 2.53. The topological polar surface area (TPSA) is 19.6 Å². The molecule has 0 N–H and O–H groups in total. The Hall–Kier alpha value is -7.34. The molecule has 3 nitrogen and oxygen atoms in total. The minimum Gasteiger partial charge on any atom is -0.455 e. The number of nitrogens with zero attached hydrogens (tertiary/aromatic N) is 2. The van der Waals surface area contributed by atoms with E-state index in [1.807, 2.05) is 11.3 Å². The third-order valence-electron chi connectivity index (χ3n) is 14.4. The van der Waals surface area contributed by atoms with Crippen molar-refractivity contribution in [2.45, 2.75) is 31.6 Å². The lowest BCUT2D eigenvalue weighted by Gasteiger charge is -2.52. The van der Waals surface area contributed by atoms with Crippen LogP contribution in [0.2, 0.25) is 0 Å². The first-order valence-corrected chi connectivity index (χ1v) is 23.2. The molecule has 2 aromatic heterocycles. The first-order chi connectivity index (χ1) is 31.4. The van der Waals surface area contributed by atoms with Crippen LogP contribution in [0.3, 0.4) is 0 Å². The standard InChI is InChI=1S/C59H41BN2OS/c1-58(2,3)36-29-31-39(32-30-36)62-49-35-53-42(41-22-11-15-28-52(41)64-53)33-44(49)54-55-50(34-43-40-21-10-14-27-51(40)63-57(43)54)61-48-26-13-12-23-45(48)59(37-17-6-4-7-18-37,38-19-8-5-9-20-38)46-24-16-25-47(56(46)61)60(55)62/h4-35H,1-3H3. The molecule has 9 aromatic carbocycles. The highest BCUT2D eigenvalue weighted by molar-refractivity contribution is 7.25. The predicted octanol–water partition coefficient (Wildman–Crippen LogP) is 14.7. The van der Waals surface area contributed by atoms with Gasteiger partial charge in [-0.2, -0.15) is 0 Å². The van der Waals surface area contributed by atoms with Gasteiger partial charge in [0, 0.05) is 64.8 Å². The van der Waals surface area contributed by atoms with Crippen molar-refractivity contribution < 1.29 is 4.42 Å². The SMILES string of the molecule is CC(C)(C)c1ccc(N2B3c4cccc5c4N(c4ccccc4C5(c4ccccc4)c4ccccc4)c4cc5c(oc6ccccc65)c(c43)-c3cc4c(cc32)sc2ccccc24)cc1. The van der Waals surface area contributed by atoms with E-state index in [9.17, 15) is 0 Å². The number of para-hydroxylation sites is 3. The van der Waals surface area contributed by atoms with Crippen molar-refractivity contribution in [1.82, 2.24) is 0 Å². The number of thiophene rings is 1. The maximum absolute atomic E-state index is 7.13. The Morgan fingerprint density at radius 1 is 0.531 bits per heavy atom. The van der Waals surface area contributed by atoms with E-state index in [0.29, 0.717) is 0 Å². The summed E-state index contributed by atoms with van der Waals surface area (Å²) in [5.41, 5.74) is 18.5. The zero-order chi connectivity index (χ0) is 42.5. The van der Waals surface area contributed by atoms with Gasteiger partial charge < -0.3 is 14.1 Å². The van der Waals surface area contributed by atoms with Gasteiger partial charge in [0.1, 0.15) is 11.2 Å². The zero-order valence-corrected chi connectivity index (χ0v) is 36.6. The molecule has 3 aliphatic rings. The van der Waals surface area contributed by atoms with E-state index in [2.05, 4.69) is 225 Å². The van der Waals surface area contributed by atoms with Crippen LogP contribution in [-0.4, -0.2) is 6.85 Å². The molecule has 0 radical (unpaired) electrons. The van der Waals surface area contributed by atoms with Crippen molar-refractivity contribution >= 4 is 99.7 Å². The molecule has 5 heterocycles. The van der Waals surface area contributed by atoms with Crippen molar-refractivity contribution in [3.63, 3.8) is 0 Å². The Balaban J connectivity index is 1.18. The van der Waals surface area contributed by atoms with Crippen molar-refractivity contribution in [2.24, 2.45) is 0 Å². The summed E-state index contributed by atoms with van der Waals surface area (Å²) in [5.74, 6) is 0. The largest absolute Gasteiger partial charge is 0.455 e. The number of hydrogen-bond acceptors (Lipinski definition) is 4. The average Bonchev–Trinajstić information content (AvgIpc) is 3.90. The summed E-state index contributed by atoms with van der Waals surface area (Å²) in [4.78, 5) is 5.27. The lowest BCUT2D eigenvalue weighted by atomic mass is 9.42. The van der Waals surface area contributed by atoms with E-state index < -0.39 is 5.41 Å². The van der Waals surface area contributed by atoms with Crippen LogP contribution >= 0.6 is 11.3 Å². The monoisotopic (exact) mass is 836 g/mol. The summed E-state index contributed by atoms with van der Waals surface area (Å²) in [6.07, 6.45) is 0. The van der Waals surface area contributed by atoms with Crippen molar-refractivity contribution in [3.05, 3.63) is 222 Å². The number of furan rings is 1. The van der Waals surface area contributed by atoms with E-state index in [4.69, 9.17) is 4.42 Å². The van der Waals surface area contributed by atoms with Gasteiger partial charge in [0.15, 0.2) is 0 Å². The number of hydrogen-bond donors (Lipinski definition) is 0. The molecule has 11 aromatic rings. The molecule has 3 aliphatic heterocycles. The zero-order valence-electron chi connectivity index (χ0n) is 35.8. The van der Waals surface area contributed by atoms with Gasteiger partial charge in [-0.15, -0.1) is 11.3 Å². The second-order valence-electron chi connectivity index (χ2n) is 18.8. The lowest BCUT2D eigenvalue weighted by Crippen LogP contribution is -2.62. The summed E-state index contributed by atoms with van der Waals surface area (Å²) in [5, 5.41) is 4.83. The number of rotatable bonds is 3. The summed E-state index contributed by atoms with van der Waals surface area (Å²) >= 11 is 1.88. The summed E-state index contributed by atoms with van der Waals surface area (Å²) in [6.45, 7) is 6.72. The molecule has 0 spiro atoms. The fourth-order valence-corrected chi connectivity index (χ4v) is 12.8. The summed E-state index contributed by atoms with van der Waals surface area (Å²) in [7, 11) is 0. The Labute approximate surface area is 376 Å². The number of benzene rings is 9. The van der Waals surface area contributed by atoms with Crippen LogP contribution in [-0.2, 0) is 10.8 Å². The van der Waals surface area contributed by atoms with Crippen LogP contribution in [0.1, 0.15) is 48.6 Å². The number of anilines is 5. The molecule has 0 bridgehead atoms. The van der Waals surface area contributed by atoms with E-state index in [1.165, 1.54) is 98.5 Å². The smallest absolute Gasteiger partial charge is 0.333 e. The summed E-state index contributed by atoms with van der Waals surface area (Å²) in [6, 6.07) is 72.9. The Kier molecular flexibility index (Phi) is 7.28. The van der Waals surface area contributed by atoms with Gasteiger partial charge in [-0.1, -0.05) is 166 Å². The van der Waals surface area contributed by atoms with E-state index >= 15 is 0 Å². The highest BCUT2D eigenvalue weighted by Crippen LogP contribution is 2.60. The molecular weight excluding hydrogens is 796 g/mol. The molecule has 0 unspecified atom stereocenters. The molecule has 0 atom stereocenters. The fraction of sp³-hybridized carbons (Fsp3) is 0.0847. The maximum Gasteiger partial charge on any atom is 0.333 e. The van der Waals surface area contributed by atoms with E-state index in [0.717, 1.165) is 21.9 Å². The minimum absolute atomic E-state index is 0.0175. The Bertz CT molecular complexity index is 3690. The highest BCUT2D eigenvalue weighted by atomic mass is 32.1. The summed E-state index contributed by atoms with van der Waals surface area (Å²) < 4.78 is 9.71. The maximum atomic E-state index is 7.13. The van der Waals surface area contributed by atoms with E-state index in [-0.39, 0.29) is 12.3 Å². The van der Waals surface area contributed by atoms with Gasteiger partial charge in [-0.25, -0.2) is 0 Å². The van der Waals surface area contributed by atoms with Crippen molar-refractivity contribution in [1.29, 1.82) is 0 Å². The minimum atomic E-state index is -0.595. The van der Waals surface area contributed by atoms with Crippen LogP contribution in [0.15, 0.2) is 199 Å². The molecule has 302 valence electrons. The van der Waals surface area contributed by atoms with Crippen molar-refractivity contribution in [3.8, 4) is 11.1 Å². The van der Waals surface area contributed by atoms with Gasteiger partial charge in [0.25, 0.3) is 0 Å². The molecule has 0 saturated carbocycles. The molecule has 0 fully saturated rings. The van der Waals surface area contributed by atoms with Gasteiger partial charge in [-0.3, -0.25) is 0 Å². The quantitative estimate of drug-likeness (QED) is 0.165. The molecular formula is C59H41BN2OS. The molecule has 14 rings (SSSR count). The third kappa shape index (κ3) is 4.67. The Morgan fingerprint density at radius 3 is 1.97 bits per heavy atom. The molecule has 0 aliphatic carbocycles. The van der Waals surface area contributed by atoms with Crippen LogP contribution < -0.4 is 20.6 Å². The lowest BCUT2D eigenvalue weighted by molar-refractivity contribution is 0.590. The molecule has 0 amide bonds. The second-order valence-corrected chi connectivity index (χ2v) is 19.9. The van der Waals surface area contributed by atoms with Crippen LogP contribution in [0.4, 0.5) is 28.4 Å². The van der Waals surface area contributed by atoms with Crippen LogP contribution in [0.25, 0.3) is 53.2 Å².